The first-order chi connectivity index (χ1) is 9.63. The third-order valence-electron chi connectivity index (χ3n) is 2.82. The molecule has 0 aliphatic heterocycles. The fourth-order valence-corrected chi connectivity index (χ4v) is 1.85. The zero-order chi connectivity index (χ0) is 14.5. The van der Waals surface area contributed by atoms with Crippen molar-refractivity contribution in [3.63, 3.8) is 0 Å². The molecule has 2 rings (SSSR count). The van der Waals surface area contributed by atoms with Crippen LogP contribution in [0.1, 0.15) is 16.8 Å². The molecule has 1 unspecified atom stereocenters. The van der Waals surface area contributed by atoms with E-state index in [0.717, 1.165) is 0 Å². The first kappa shape index (κ1) is 13.6. The lowest BCUT2D eigenvalue weighted by atomic mass is 10.1. The highest BCUT2D eigenvalue weighted by atomic mass is 16.4. The van der Waals surface area contributed by atoms with Gasteiger partial charge in [0.05, 0.1) is 11.1 Å². The van der Waals surface area contributed by atoms with Crippen molar-refractivity contribution in [2.45, 2.75) is 12.5 Å². The largest absolute Gasteiger partial charge is 0.480 e. The predicted molar refractivity (Wildman–Crippen MR) is 74.1 cm³/mol. The molecule has 0 saturated carbocycles. The van der Waals surface area contributed by atoms with Crippen molar-refractivity contribution < 1.29 is 14.7 Å². The second kappa shape index (κ2) is 5.85. The highest BCUT2D eigenvalue weighted by Crippen LogP contribution is 2.16. The molecule has 1 aromatic heterocycles. The maximum atomic E-state index is 12.2. The van der Waals surface area contributed by atoms with Crippen LogP contribution in [-0.4, -0.2) is 28.0 Å². The minimum Gasteiger partial charge on any atom is -0.480 e. The number of nitrogens with zero attached hydrogens (tertiary/aromatic N) is 1. The van der Waals surface area contributed by atoms with E-state index in [4.69, 9.17) is 11.5 Å². The molecule has 1 heterocycles. The average molecular weight is 268 g/mol. The number of nitrogens with one attached hydrogen (secondary N) is 1. The third-order valence-corrected chi connectivity index (χ3v) is 2.82. The Hall–Kier alpha value is -2.87. The number of carbonyl (C=O) groups excluding carboxylic acids is 1. The van der Waals surface area contributed by atoms with Gasteiger partial charge in [0, 0.05) is 18.0 Å². The van der Waals surface area contributed by atoms with Crippen LogP contribution >= 0.6 is 0 Å². The van der Waals surface area contributed by atoms with Gasteiger partial charge in [0.15, 0.2) is 0 Å². The minimum atomic E-state index is -1.16. The van der Waals surface area contributed by atoms with Crippen LogP contribution in [0, 0.1) is 12.3 Å². The molecule has 2 N–H and O–H groups in total. The standard InChI is InChI=1S/C15H12N2O3/c1-2-5-13(15(19)20)17-14(18)11-8-9-16-12-7-4-3-6-10(11)12/h1,3-4,6-9,13H,5H2,(H,17,18)(H,19,20). The molecule has 100 valence electrons. The van der Waals surface area contributed by atoms with E-state index in [1.165, 1.54) is 6.20 Å². The molecule has 1 aromatic carbocycles. The maximum Gasteiger partial charge on any atom is 0.327 e. The smallest absolute Gasteiger partial charge is 0.327 e. The van der Waals surface area contributed by atoms with E-state index in [9.17, 15) is 9.59 Å². The van der Waals surface area contributed by atoms with Crippen molar-refractivity contribution in [1.29, 1.82) is 0 Å². The summed E-state index contributed by atoms with van der Waals surface area (Å²) < 4.78 is 0. The molecular formula is C15H12N2O3. The van der Waals surface area contributed by atoms with Crippen LogP contribution in [0.4, 0.5) is 0 Å². The Morgan fingerprint density at radius 2 is 2.10 bits per heavy atom. The molecule has 2 aromatic rings. The number of terminal acetylenes is 1. The van der Waals surface area contributed by atoms with Gasteiger partial charge in [-0.3, -0.25) is 9.78 Å². The first-order valence-electron chi connectivity index (χ1n) is 5.94. The first-order valence-corrected chi connectivity index (χ1v) is 5.94. The van der Waals surface area contributed by atoms with E-state index in [0.29, 0.717) is 16.5 Å². The summed E-state index contributed by atoms with van der Waals surface area (Å²) in [5.74, 6) is 0.597. The van der Waals surface area contributed by atoms with Crippen LogP contribution in [0.25, 0.3) is 10.9 Å². The minimum absolute atomic E-state index is 0.0654. The molecular weight excluding hydrogens is 256 g/mol. The van der Waals surface area contributed by atoms with E-state index in [1.807, 2.05) is 6.07 Å². The Balaban J connectivity index is 2.32. The fraction of sp³-hybridized carbons (Fsp3) is 0.133. The zero-order valence-electron chi connectivity index (χ0n) is 10.5. The molecule has 1 amide bonds. The number of aromatic nitrogens is 1. The third kappa shape index (κ3) is 2.75. The van der Waals surface area contributed by atoms with Gasteiger partial charge >= 0.3 is 5.97 Å². The summed E-state index contributed by atoms with van der Waals surface area (Å²) in [5.41, 5.74) is 1.04. The Bertz CT molecular complexity index is 698. The summed E-state index contributed by atoms with van der Waals surface area (Å²) in [7, 11) is 0. The molecule has 5 heteroatoms. The topological polar surface area (TPSA) is 79.3 Å². The fourth-order valence-electron chi connectivity index (χ4n) is 1.85. The Morgan fingerprint density at radius 3 is 2.80 bits per heavy atom. The number of carboxylic acid groups (broad SMARTS) is 1. The van der Waals surface area contributed by atoms with Crippen molar-refractivity contribution in [2.24, 2.45) is 0 Å². The molecule has 20 heavy (non-hydrogen) atoms. The van der Waals surface area contributed by atoms with Crippen LogP contribution < -0.4 is 5.32 Å². The number of hydrogen-bond acceptors (Lipinski definition) is 3. The van der Waals surface area contributed by atoms with Crippen molar-refractivity contribution in [1.82, 2.24) is 10.3 Å². The number of rotatable bonds is 4. The van der Waals surface area contributed by atoms with Gasteiger partial charge in [-0.25, -0.2) is 4.79 Å². The summed E-state index contributed by atoms with van der Waals surface area (Å²) in [6.07, 6.45) is 6.54. The van der Waals surface area contributed by atoms with Gasteiger partial charge in [-0.15, -0.1) is 12.3 Å². The van der Waals surface area contributed by atoms with Gasteiger partial charge in [-0.05, 0) is 12.1 Å². The second-order valence-electron chi connectivity index (χ2n) is 4.15. The summed E-state index contributed by atoms with van der Waals surface area (Å²) in [6, 6.07) is 7.59. The van der Waals surface area contributed by atoms with Crippen LogP contribution in [0.3, 0.4) is 0 Å². The molecule has 0 aliphatic rings. The van der Waals surface area contributed by atoms with E-state index in [2.05, 4.69) is 16.2 Å². The number of fused-ring (bicyclic) bond motifs is 1. The quantitative estimate of drug-likeness (QED) is 0.822. The second-order valence-corrected chi connectivity index (χ2v) is 4.15. The van der Waals surface area contributed by atoms with E-state index >= 15 is 0 Å². The SMILES string of the molecule is C#CCC(NC(=O)c1ccnc2ccccc12)C(=O)O. The maximum absolute atomic E-state index is 12.2. The van der Waals surface area contributed by atoms with Gasteiger partial charge in [0.2, 0.25) is 0 Å². The lowest BCUT2D eigenvalue weighted by Gasteiger charge is -2.12. The molecule has 0 aliphatic carbocycles. The number of aliphatic carboxylic acids is 1. The van der Waals surface area contributed by atoms with Gasteiger partial charge in [0.25, 0.3) is 5.91 Å². The Labute approximate surface area is 115 Å². The Kier molecular flexibility index (Phi) is 3.96. The molecule has 0 radical (unpaired) electrons. The van der Waals surface area contributed by atoms with E-state index in [1.54, 1.807) is 24.3 Å². The summed E-state index contributed by atoms with van der Waals surface area (Å²) in [5, 5.41) is 12.1. The molecule has 0 bridgehead atoms. The van der Waals surface area contributed by atoms with E-state index < -0.39 is 17.9 Å². The van der Waals surface area contributed by atoms with Crippen molar-refractivity contribution in [2.75, 3.05) is 0 Å². The van der Waals surface area contributed by atoms with Crippen molar-refractivity contribution in [3.8, 4) is 12.3 Å². The number of carboxylic acids is 1. The van der Waals surface area contributed by atoms with Gasteiger partial charge in [-0.2, -0.15) is 0 Å². The van der Waals surface area contributed by atoms with Gasteiger partial charge < -0.3 is 10.4 Å². The summed E-state index contributed by atoms with van der Waals surface area (Å²) in [6.45, 7) is 0. The number of para-hydroxylation sites is 1. The van der Waals surface area contributed by atoms with Crippen molar-refractivity contribution >= 4 is 22.8 Å². The number of pyridine rings is 1. The average Bonchev–Trinajstić information content (AvgIpc) is 2.46. The zero-order valence-corrected chi connectivity index (χ0v) is 10.5. The Morgan fingerprint density at radius 1 is 1.35 bits per heavy atom. The van der Waals surface area contributed by atoms with Crippen LogP contribution in [-0.2, 0) is 4.79 Å². The van der Waals surface area contributed by atoms with Crippen molar-refractivity contribution in [3.05, 3.63) is 42.1 Å². The molecule has 1 atom stereocenters. The van der Waals surface area contributed by atoms with Crippen LogP contribution in [0.15, 0.2) is 36.5 Å². The predicted octanol–water partition coefficient (Wildman–Crippen LogP) is 1.44. The summed E-state index contributed by atoms with van der Waals surface area (Å²) in [4.78, 5) is 27.3. The molecule has 0 fully saturated rings. The van der Waals surface area contributed by atoms with Crippen LogP contribution in [0.2, 0.25) is 0 Å². The van der Waals surface area contributed by atoms with Crippen LogP contribution in [0.5, 0.6) is 0 Å². The highest BCUT2D eigenvalue weighted by Gasteiger charge is 2.20. The van der Waals surface area contributed by atoms with Gasteiger partial charge in [0.1, 0.15) is 6.04 Å². The molecule has 0 spiro atoms. The molecule has 0 saturated heterocycles. The lowest BCUT2D eigenvalue weighted by molar-refractivity contribution is -0.139. The number of hydrogen-bond donors (Lipinski definition) is 2. The number of carbonyl (C=O) groups is 2. The lowest BCUT2D eigenvalue weighted by Crippen LogP contribution is -2.40. The normalized spacial score (nSPS) is 11.6. The number of benzene rings is 1. The molecule has 5 nitrogen and oxygen atoms in total. The number of amides is 1. The van der Waals surface area contributed by atoms with E-state index in [-0.39, 0.29) is 6.42 Å². The monoisotopic (exact) mass is 268 g/mol. The summed E-state index contributed by atoms with van der Waals surface area (Å²) >= 11 is 0. The van der Waals surface area contributed by atoms with Gasteiger partial charge in [-0.1, -0.05) is 18.2 Å². The highest BCUT2D eigenvalue weighted by molar-refractivity contribution is 6.06.